The molecule has 0 amide bonds. The molecule has 4 rings (SSSR count). The molecule has 0 aromatic heterocycles. The van der Waals surface area contributed by atoms with E-state index in [1.807, 2.05) is 24.3 Å². The van der Waals surface area contributed by atoms with E-state index in [0.29, 0.717) is 21.9 Å². The van der Waals surface area contributed by atoms with Gasteiger partial charge in [-0.1, -0.05) is 65.2 Å². The Morgan fingerprint density at radius 3 is 2.59 bits per heavy atom. The fourth-order valence-corrected chi connectivity index (χ4v) is 4.47. The summed E-state index contributed by atoms with van der Waals surface area (Å²) in [6, 6.07) is 12.0. The minimum absolute atomic E-state index is 0.153. The van der Waals surface area contributed by atoms with Crippen LogP contribution in [0.5, 0.6) is 0 Å². The van der Waals surface area contributed by atoms with Gasteiger partial charge in [0, 0.05) is 16.0 Å². The molecule has 1 aliphatic heterocycles. The first-order valence-electron chi connectivity index (χ1n) is 7.31. The van der Waals surface area contributed by atoms with Crippen molar-refractivity contribution in [1.82, 2.24) is 0 Å². The van der Waals surface area contributed by atoms with Crippen LogP contribution in [-0.4, -0.2) is 0 Å². The zero-order valence-corrected chi connectivity index (χ0v) is 14.0. The lowest BCUT2D eigenvalue weighted by molar-refractivity contribution is 0.426. The summed E-state index contributed by atoms with van der Waals surface area (Å²) >= 11 is 19.0. The Kier molecular flexibility index (Phi) is 3.60. The lowest BCUT2D eigenvalue weighted by Gasteiger charge is -2.38. The van der Waals surface area contributed by atoms with Gasteiger partial charge in [-0.3, -0.25) is 0 Å². The SMILES string of the molecule is Clc1cc(Cl)c2c(c1)[C@@H]1C=CC[C@@H]1[C@H](c1ccccc1Cl)N2. The molecule has 22 heavy (non-hydrogen) atoms. The van der Waals surface area contributed by atoms with Gasteiger partial charge in [-0.25, -0.2) is 0 Å². The predicted molar refractivity (Wildman–Crippen MR) is 94.3 cm³/mol. The third kappa shape index (κ3) is 2.23. The molecule has 4 heteroatoms. The summed E-state index contributed by atoms with van der Waals surface area (Å²) in [6.45, 7) is 0. The van der Waals surface area contributed by atoms with Crippen molar-refractivity contribution in [2.75, 3.05) is 5.32 Å². The Balaban J connectivity index is 1.86. The maximum Gasteiger partial charge on any atom is 0.0655 e. The molecule has 1 heterocycles. The van der Waals surface area contributed by atoms with Gasteiger partial charge in [-0.2, -0.15) is 0 Å². The van der Waals surface area contributed by atoms with Gasteiger partial charge in [0.25, 0.3) is 0 Å². The normalized spacial score (nSPS) is 25.5. The zero-order chi connectivity index (χ0) is 15.3. The largest absolute Gasteiger partial charge is 0.376 e. The van der Waals surface area contributed by atoms with Gasteiger partial charge in [0.2, 0.25) is 0 Å². The van der Waals surface area contributed by atoms with Crippen LogP contribution in [0.25, 0.3) is 0 Å². The molecule has 1 N–H and O–H groups in total. The van der Waals surface area contributed by atoms with Crippen LogP contribution in [0, 0.1) is 5.92 Å². The average Bonchev–Trinajstić information content (AvgIpc) is 2.97. The van der Waals surface area contributed by atoms with Crippen molar-refractivity contribution in [3.63, 3.8) is 0 Å². The second-order valence-electron chi connectivity index (χ2n) is 5.85. The number of halogens is 3. The highest BCUT2D eigenvalue weighted by atomic mass is 35.5. The quantitative estimate of drug-likeness (QED) is 0.581. The van der Waals surface area contributed by atoms with Gasteiger partial charge >= 0.3 is 0 Å². The maximum absolute atomic E-state index is 6.43. The van der Waals surface area contributed by atoms with Gasteiger partial charge in [0.15, 0.2) is 0 Å². The molecule has 0 fully saturated rings. The Bertz CT molecular complexity index is 769. The van der Waals surface area contributed by atoms with Crippen LogP contribution in [0.15, 0.2) is 48.6 Å². The minimum atomic E-state index is 0.153. The Morgan fingerprint density at radius 2 is 1.77 bits per heavy atom. The van der Waals surface area contributed by atoms with E-state index in [0.717, 1.165) is 22.7 Å². The van der Waals surface area contributed by atoms with E-state index in [-0.39, 0.29) is 6.04 Å². The van der Waals surface area contributed by atoms with Crippen LogP contribution in [0.3, 0.4) is 0 Å². The fourth-order valence-electron chi connectivity index (χ4n) is 3.66. The van der Waals surface area contributed by atoms with Crippen LogP contribution < -0.4 is 5.32 Å². The molecule has 1 aliphatic carbocycles. The summed E-state index contributed by atoms with van der Waals surface area (Å²) in [6.07, 6.45) is 5.53. The first kappa shape index (κ1) is 14.4. The summed E-state index contributed by atoms with van der Waals surface area (Å²) in [5, 5.41) is 5.74. The van der Waals surface area contributed by atoms with Crippen molar-refractivity contribution in [3.05, 3.63) is 74.7 Å². The molecule has 2 aromatic carbocycles. The number of nitrogens with one attached hydrogen (secondary N) is 1. The number of hydrogen-bond donors (Lipinski definition) is 1. The molecule has 1 nitrogen and oxygen atoms in total. The molecule has 0 unspecified atom stereocenters. The number of benzene rings is 2. The second kappa shape index (κ2) is 5.49. The van der Waals surface area contributed by atoms with Crippen LogP contribution in [-0.2, 0) is 0 Å². The summed E-state index contributed by atoms with van der Waals surface area (Å²) < 4.78 is 0. The highest BCUT2D eigenvalue weighted by Gasteiger charge is 2.39. The third-order valence-electron chi connectivity index (χ3n) is 4.63. The molecule has 112 valence electrons. The topological polar surface area (TPSA) is 12.0 Å². The number of fused-ring (bicyclic) bond motifs is 3. The molecule has 0 bridgehead atoms. The number of hydrogen-bond acceptors (Lipinski definition) is 1. The van der Waals surface area contributed by atoms with Gasteiger partial charge in [-0.05, 0) is 41.7 Å². The van der Waals surface area contributed by atoms with Gasteiger partial charge in [0.05, 0.1) is 16.8 Å². The van der Waals surface area contributed by atoms with Gasteiger partial charge in [0.1, 0.15) is 0 Å². The molecule has 0 spiro atoms. The van der Waals surface area contributed by atoms with Crippen LogP contribution >= 0.6 is 34.8 Å². The number of anilines is 1. The smallest absolute Gasteiger partial charge is 0.0655 e. The average molecular weight is 351 g/mol. The molecular weight excluding hydrogens is 337 g/mol. The van der Waals surface area contributed by atoms with E-state index in [1.165, 1.54) is 5.56 Å². The van der Waals surface area contributed by atoms with E-state index in [9.17, 15) is 0 Å². The van der Waals surface area contributed by atoms with E-state index in [2.05, 4.69) is 23.5 Å². The lowest BCUT2D eigenvalue weighted by Crippen LogP contribution is -2.29. The zero-order valence-electron chi connectivity index (χ0n) is 11.7. The van der Waals surface area contributed by atoms with Crippen molar-refractivity contribution in [3.8, 4) is 0 Å². The highest BCUT2D eigenvalue weighted by molar-refractivity contribution is 6.36. The standard InChI is InChI=1S/C18H14Cl3N/c19-10-8-14-11-5-3-6-12(11)17(22-18(14)16(21)9-10)13-4-1-2-7-15(13)20/h1-5,7-9,11-12,17,22H,6H2/t11-,12+,17-/m1/s1. The van der Waals surface area contributed by atoms with E-state index in [4.69, 9.17) is 34.8 Å². The van der Waals surface area contributed by atoms with Crippen molar-refractivity contribution in [2.24, 2.45) is 5.92 Å². The van der Waals surface area contributed by atoms with E-state index in [1.54, 1.807) is 6.07 Å². The monoisotopic (exact) mass is 349 g/mol. The molecule has 2 aromatic rings. The van der Waals surface area contributed by atoms with Gasteiger partial charge in [-0.15, -0.1) is 0 Å². The molecule has 2 aliphatic rings. The number of rotatable bonds is 1. The van der Waals surface area contributed by atoms with Crippen LogP contribution in [0.1, 0.15) is 29.5 Å². The maximum atomic E-state index is 6.43. The highest BCUT2D eigenvalue weighted by Crippen LogP contribution is 2.52. The van der Waals surface area contributed by atoms with Gasteiger partial charge < -0.3 is 5.32 Å². The predicted octanol–water partition coefficient (Wildman–Crippen LogP) is 6.47. The van der Waals surface area contributed by atoms with Crippen molar-refractivity contribution in [2.45, 2.75) is 18.4 Å². The summed E-state index contributed by atoms with van der Waals surface area (Å²) in [7, 11) is 0. The van der Waals surface area contributed by atoms with Crippen molar-refractivity contribution in [1.29, 1.82) is 0 Å². The third-order valence-corrected chi connectivity index (χ3v) is 5.49. The Labute approximate surface area is 144 Å². The lowest BCUT2D eigenvalue weighted by atomic mass is 9.77. The van der Waals surface area contributed by atoms with E-state index < -0.39 is 0 Å². The molecule has 0 radical (unpaired) electrons. The molecule has 3 atom stereocenters. The molecule has 0 saturated heterocycles. The Hall–Kier alpha value is -1.15. The fraction of sp³-hybridized carbons (Fsp3) is 0.222. The number of allylic oxidation sites excluding steroid dienone is 2. The summed E-state index contributed by atoms with van der Waals surface area (Å²) in [5.74, 6) is 0.760. The second-order valence-corrected chi connectivity index (χ2v) is 7.10. The van der Waals surface area contributed by atoms with Crippen LogP contribution in [0.4, 0.5) is 5.69 Å². The van der Waals surface area contributed by atoms with Crippen molar-refractivity contribution >= 4 is 40.5 Å². The minimum Gasteiger partial charge on any atom is -0.376 e. The molecular formula is C18H14Cl3N. The first-order chi connectivity index (χ1) is 10.6. The van der Waals surface area contributed by atoms with Crippen LogP contribution in [0.2, 0.25) is 15.1 Å². The summed E-state index contributed by atoms with van der Waals surface area (Å²) in [5.41, 5.74) is 3.28. The van der Waals surface area contributed by atoms with E-state index >= 15 is 0 Å². The first-order valence-corrected chi connectivity index (χ1v) is 8.45. The Morgan fingerprint density at radius 1 is 0.955 bits per heavy atom. The molecule has 0 saturated carbocycles. The van der Waals surface area contributed by atoms with Crippen molar-refractivity contribution < 1.29 is 0 Å². The summed E-state index contributed by atoms with van der Waals surface area (Å²) in [4.78, 5) is 0.